The summed E-state index contributed by atoms with van der Waals surface area (Å²) in [5.74, 6) is 0. The molecule has 0 radical (unpaired) electrons. The smallest absolute Gasteiger partial charge is 0.294 e. The number of aryl methyl sites for hydroxylation is 1. The summed E-state index contributed by atoms with van der Waals surface area (Å²) < 4.78 is 4.98. The summed E-state index contributed by atoms with van der Waals surface area (Å²) in [6.45, 7) is 4.00. The Morgan fingerprint density at radius 1 is 1.82 bits per heavy atom. The van der Waals surface area contributed by atoms with Crippen LogP contribution in [0.15, 0.2) is 10.7 Å². The Balaban J connectivity index is 2.39. The van der Waals surface area contributed by atoms with E-state index in [4.69, 9.17) is 9.52 Å². The van der Waals surface area contributed by atoms with Crippen molar-refractivity contribution in [1.29, 1.82) is 0 Å². The van der Waals surface area contributed by atoms with Crippen molar-refractivity contribution in [3.05, 3.63) is 12.0 Å². The van der Waals surface area contributed by atoms with Crippen LogP contribution in [0, 0.1) is 6.92 Å². The maximum Gasteiger partial charge on any atom is 0.294 e. The molecule has 1 unspecified atom stereocenters. The molecule has 0 spiro atoms. The third-order valence-corrected chi connectivity index (χ3v) is 1.17. The van der Waals surface area contributed by atoms with Gasteiger partial charge in [0.15, 0.2) is 0 Å². The molecular weight excluding hydrogens is 144 g/mol. The summed E-state index contributed by atoms with van der Waals surface area (Å²) in [6, 6.07) is 0.461. The van der Waals surface area contributed by atoms with Crippen molar-refractivity contribution < 1.29 is 9.52 Å². The number of oxazole rings is 1. The van der Waals surface area contributed by atoms with Gasteiger partial charge in [0.2, 0.25) is 0 Å². The first kappa shape index (κ1) is 8.07. The largest absolute Gasteiger partial charge is 0.432 e. The number of anilines is 1. The summed E-state index contributed by atoms with van der Waals surface area (Å²) in [5.41, 5.74) is 0.832. The van der Waals surface area contributed by atoms with Crippen molar-refractivity contribution in [3.8, 4) is 0 Å². The molecule has 62 valence electrons. The summed E-state index contributed by atoms with van der Waals surface area (Å²) in [7, 11) is 0. The first-order valence-electron chi connectivity index (χ1n) is 3.52. The van der Waals surface area contributed by atoms with Gasteiger partial charge in [0.25, 0.3) is 6.01 Å². The zero-order valence-corrected chi connectivity index (χ0v) is 6.66. The zero-order valence-electron chi connectivity index (χ0n) is 6.66. The second-order valence-electron chi connectivity index (χ2n) is 2.52. The molecule has 0 amide bonds. The Labute approximate surface area is 65.2 Å². The number of aromatic nitrogens is 1. The third-order valence-electron chi connectivity index (χ3n) is 1.17. The van der Waals surface area contributed by atoms with Crippen LogP contribution < -0.4 is 5.32 Å². The van der Waals surface area contributed by atoms with Crippen LogP contribution in [0.2, 0.25) is 0 Å². The standard InChI is InChI=1S/C7H12N2O2/c1-5-4-11-7(9-5)8-3-6(2)10/h4,6,10H,3H2,1-2H3,(H,8,9). The van der Waals surface area contributed by atoms with Gasteiger partial charge in [0.1, 0.15) is 6.26 Å². The van der Waals surface area contributed by atoms with Crippen LogP contribution in [0.3, 0.4) is 0 Å². The lowest BCUT2D eigenvalue weighted by atomic mass is 10.4. The summed E-state index contributed by atoms with van der Waals surface area (Å²) in [4.78, 5) is 3.99. The lowest BCUT2D eigenvalue weighted by Crippen LogP contribution is -2.15. The fourth-order valence-electron chi connectivity index (χ4n) is 0.670. The molecule has 2 N–H and O–H groups in total. The maximum atomic E-state index is 8.89. The van der Waals surface area contributed by atoms with Gasteiger partial charge in [-0.05, 0) is 13.8 Å². The van der Waals surface area contributed by atoms with E-state index in [0.717, 1.165) is 5.69 Å². The van der Waals surface area contributed by atoms with Gasteiger partial charge in [-0.15, -0.1) is 0 Å². The average Bonchev–Trinajstić information content (AvgIpc) is 2.31. The Hall–Kier alpha value is -1.03. The molecule has 0 saturated carbocycles. The molecule has 0 aliphatic carbocycles. The van der Waals surface area contributed by atoms with Crippen molar-refractivity contribution >= 4 is 6.01 Å². The molecule has 0 aliphatic rings. The summed E-state index contributed by atoms with van der Waals surface area (Å²) in [5, 5.41) is 11.7. The number of nitrogens with one attached hydrogen (secondary N) is 1. The van der Waals surface area contributed by atoms with Crippen LogP contribution >= 0.6 is 0 Å². The highest BCUT2D eigenvalue weighted by Gasteiger charge is 2.00. The molecule has 0 bridgehead atoms. The second-order valence-corrected chi connectivity index (χ2v) is 2.52. The van der Waals surface area contributed by atoms with E-state index >= 15 is 0 Å². The van der Waals surface area contributed by atoms with Crippen molar-refractivity contribution in [2.24, 2.45) is 0 Å². The molecule has 1 aromatic heterocycles. The molecular formula is C7H12N2O2. The molecule has 1 aromatic rings. The van der Waals surface area contributed by atoms with E-state index in [-0.39, 0.29) is 6.10 Å². The number of aliphatic hydroxyl groups is 1. The van der Waals surface area contributed by atoms with E-state index in [2.05, 4.69) is 10.3 Å². The molecule has 1 rings (SSSR count). The first-order chi connectivity index (χ1) is 5.18. The van der Waals surface area contributed by atoms with Crippen LogP contribution in [0.1, 0.15) is 12.6 Å². The minimum Gasteiger partial charge on any atom is -0.432 e. The SMILES string of the molecule is Cc1coc(NCC(C)O)n1. The molecule has 0 fully saturated rings. The van der Waals surface area contributed by atoms with Gasteiger partial charge in [-0.25, -0.2) is 0 Å². The topological polar surface area (TPSA) is 58.3 Å². The molecule has 0 saturated heterocycles. The van der Waals surface area contributed by atoms with Gasteiger partial charge >= 0.3 is 0 Å². The van der Waals surface area contributed by atoms with Crippen molar-refractivity contribution in [3.63, 3.8) is 0 Å². The van der Waals surface area contributed by atoms with Crippen molar-refractivity contribution in [2.75, 3.05) is 11.9 Å². The lowest BCUT2D eigenvalue weighted by molar-refractivity contribution is 0.207. The normalized spacial score (nSPS) is 13.0. The van der Waals surface area contributed by atoms with Crippen LogP contribution in [0.25, 0.3) is 0 Å². The predicted octanol–water partition coefficient (Wildman–Crippen LogP) is 0.776. The summed E-state index contributed by atoms with van der Waals surface area (Å²) >= 11 is 0. The third kappa shape index (κ3) is 2.59. The fraction of sp³-hybridized carbons (Fsp3) is 0.571. The van der Waals surface area contributed by atoms with Crippen molar-refractivity contribution in [1.82, 2.24) is 4.98 Å². The van der Waals surface area contributed by atoms with E-state index < -0.39 is 0 Å². The van der Waals surface area contributed by atoms with Gasteiger partial charge in [-0.2, -0.15) is 4.98 Å². The van der Waals surface area contributed by atoms with Crippen LogP contribution in [-0.2, 0) is 0 Å². The molecule has 11 heavy (non-hydrogen) atoms. The molecule has 1 heterocycles. The number of nitrogens with zero attached hydrogens (tertiary/aromatic N) is 1. The van der Waals surface area contributed by atoms with E-state index in [0.29, 0.717) is 12.6 Å². The molecule has 4 heteroatoms. The number of aliphatic hydroxyl groups excluding tert-OH is 1. The Bertz CT molecular complexity index is 220. The summed E-state index contributed by atoms with van der Waals surface area (Å²) in [6.07, 6.45) is 1.17. The number of hydrogen-bond acceptors (Lipinski definition) is 4. The Morgan fingerprint density at radius 3 is 3.00 bits per heavy atom. The number of rotatable bonds is 3. The highest BCUT2D eigenvalue weighted by atomic mass is 16.4. The van der Waals surface area contributed by atoms with Crippen LogP contribution in [0.5, 0.6) is 0 Å². The van der Waals surface area contributed by atoms with Crippen LogP contribution in [0.4, 0.5) is 6.01 Å². The Morgan fingerprint density at radius 2 is 2.55 bits per heavy atom. The Kier molecular flexibility index (Phi) is 2.48. The van der Waals surface area contributed by atoms with Gasteiger partial charge in [0.05, 0.1) is 11.8 Å². The van der Waals surface area contributed by atoms with E-state index in [1.807, 2.05) is 6.92 Å². The minimum atomic E-state index is -0.387. The van der Waals surface area contributed by atoms with Crippen LogP contribution in [-0.4, -0.2) is 22.7 Å². The van der Waals surface area contributed by atoms with Crippen molar-refractivity contribution in [2.45, 2.75) is 20.0 Å². The molecule has 0 aliphatic heterocycles. The van der Waals surface area contributed by atoms with Gasteiger partial charge in [-0.3, -0.25) is 0 Å². The van der Waals surface area contributed by atoms with E-state index in [9.17, 15) is 0 Å². The predicted molar refractivity (Wildman–Crippen MR) is 41.4 cm³/mol. The minimum absolute atomic E-state index is 0.387. The number of hydrogen-bond donors (Lipinski definition) is 2. The molecule has 0 aromatic carbocycles. The van der Waals surface area contributed by atoms with Gasteiger partial charge < -0.3 is 14.8 Å². The highest BCUT2D eigenvalue weighted by molar-refractivity contribution is 5.20. The maximum absolute atomic E-state index is 8.89. The quantitative estimate of drug-likeness (QED) is 0.678. The van der Waals surface area contributed by atoms with Gasteiger partial charge in [0, 0.05) is 6.54 Å². The van der Waals surface area contributed by atoms with Gasteiger partial charge in [-0.1, -0.05) is 0 Å². The molecule has 1 atom stereocenters. The second kappa shape index (κ2) is 3.39. The van der Waals surface area contributed by atoms with E-state index in [1.54, 1.807) is 13.2 Å². The van der Waals surface area contributed by atoms with E-state index in [1.165, 1.54) is 0 Å². The first-order valence-corrected chi connectivity index (χ1v) is 3.52. The molecule has 4 nitrogen and oxygen atoms in total. The highest BCUT2D eigenvalue weighted by Crippen LogP contribution is 2.05. The fourth-order valence-corrected chi connectivity index (χ4v) is 0.670. The monoisotopic (exact) mass is 156 g/mol. The lowest BCUT2D eigenvalue weighted by Gasteiger charge is -2.02. The zero-order chi connectivity index (χ0) is 8.27. The average molecular weight is 156 g/mol.